The Morgan fingerprint density at radius 3 is 2.31 bits per heavy atom. The van der Waals surface area contributed by atoms with Crippen LogP contribution in [0, 0.1) is 13.8 Å². The Balaban J connectivity index is 1.77. The number of hydrogen-bond acceptors (Lipinski definition) is 4. The molecule has 6 heteroatoms. The number of amides is 1. The van der Waals surface area contributed by atoms with Crippen LogP contribution in [-0.4, -0.2) is 20.5 Å². The summed E-state index contributed by atoms with van der Waals surface area (Å²) in [5.41, 5.74) is 2.84. The zero-order valence-electron chi connectivity index (χ0n) is 14.6. The molecule has 2 aromatic heterocycles. The van der Waals surface area contributed by atoms with E-state index in [1.165, 1.54) is 11.3 Å². The molecule has 4 rings (SSSR count). The first-order valence-electron chi connectivity index (χ1n) is 8.37. The quantitative estimate of drug-likeness (QED) is 0.545. The van der Waals surface area contributed by atoms with E-state index in [4.69, 9.17) is 0 Å². The van der Waals surface area contributed by atoms with E-state index in [1.54, 1.807) is 0 Å². The molecule has 0 fully saturated rings. The number of fused-ring (bicyclic) bond motifs is 1. The molecule has 26 heavy (non-hydrogen) atoms. The molecule has 1 amide bonds. The summed E-state index contributed by atoms with van der Waals surface area (Å²) in [4.78, 5) is 16.7. The van der Waals surface area contributed by atoms with Gasteiger partial charge in [0, 0.05) is 11.4 Å². The number of carbonyl (C=O) groups excluding carboxylic acids is 1. The van der Waals surface area contributed by atoms with Crippen molar-refractivity contribution in [3.05, 3.63) is 82.6 Å². The third-order valence-electron chi connectivity index (χ3n) is 4.34. The second-order valence-electron chi connectivity index (χ2n) is 6.09. The maximum absolute atomic E-state index is 13.4. The molecule has 0 aliphatic heterocycles. The summed E-state index contributed by atoms with van der Waals surface area (Å²) in [6.45, 7) is 4.35. The van der Waals surface area contributed by atoms with Crippen molar-refractivity contribution in [1.29, 1.82) is 0 Å². The Morgan fingerprint density at radius 1 is 1.00 bits per heavy atom. The SMILES string of the molecule is Cc1nnc2sc(C(=O)N(Cc3ccccc3)c3ccccc3)c(C)n12. The molecule has 0 bridgehead atoms. The van der Waals surface area contributed by atoms with Gasteiger partial charge in [0.2, 0.25) is 4.96 Å². The highest BCUT2D eigenvalue weighted by molar-refractivity contribution is 7.19. The molecule has 0 aliphatic rings. The first-order chi connectivity index (χ1) is 12.6. The van der Waals surface area contributed by atoms with Crippen molar-refractivity contribution in [1.82, 2.24) is 14.6 Å². The molecule has 0 unspecified atom stereocenters. The summed E-state index contributed by atoms with van der Waals surface area (Å²) < 4.78 is 1.93. The molecular formula is C20H18N4OS. The smallest absolute Gasteiger partial charge is 0.270 e. The first-order valence-corrected chi connectivity index (χ1v) is 9.19. The molecule has 0 saturated heterocycles. The lowest BCUT2D eigenvalue weighted by atomic mass is 10.2. The summed E-state index contributed by atoms with van der Waals surface area (Å²) in [6, 6.07) is 19.8. The summed E-state index contributed by atoms with van der Waals surface area (Å²) >= 11 is 1.38. The molecule has 0 atom stereocenters. The Labute approximate surface area is 155 Å². The van der Waals surface area contributed by atoms with Crippen LogP contribution in [0.5, 0.6) is 0 Å². The molecule has 2 aromatic carbocycles. The largest absolute Gasteiger partial charge is 0.303 e. The highest BCUT2D eigenvalue weighted by atomic mass is 32.1. The topological polar surface area (TPSA) is 50.5 Å². The van der Waals surface area contributed by atoms with Gasteiger partial charge in [0.25, 0.3) is 5.91 Å². The number of anilines is 1. The Bertz CT molecular complexity index is 1050. The molecule has 0 saturated carbocycles. The van der Waals surface area contributed by atoms with E-state index in [-0.39, 0.29) is 5.91 Å². The average Bonchev–Trinajstić information content (AvgIpc) is 3.21. The third kappa shape index (κ3) is 2.88. The van der Waals surface area contributed by atoms with Gasteiger partial charge in [-0.1, -0.05) is 59.9 Å². The van der Waals surface area contributed by atoms with E-state index in [1.807, 2.05) is 83.8 Å². The van der Waals surface area contributed by atoms with Crippen LogP contribution in [0.3, 0.4) is 0 Å². The van der Waals surface area contributed by atoms with Crippen molar-refractivity contribution in [2.45, 2.75) is 20.4 Å². The molecule has 2 heterocycles. The van der Waals surface area contributed by atoms with Crippen LogP contribution >= 0.6 is 11.3 Å². The minimum Gasteiger partial charge on any atom is -0.303 e. The lowest BCUT2D eigenvalue weighted by molar-refractivity contribution is 0.0988. The van der Waals surface area contributed by atoms with Gasteiger partial charge in [-0.3, -0.25) is 9.20 Å². The number of carbonyl (C=O) groups is 1. The van der Waals surface area contributed by atoms with Gasteiger partial charge in [-0.15, -0.1) is 10.2 Å². The van der Waals surface area contributed by atoms with E-state index in [0.717, 1.165) is 27.7 Å². The van der Waals surface area contributed by atoms with E-state index >= 15 is 0 Å². The predicted molar refractivity (Wildman–Crippen MR) is 104 cm³/mol. The van der Waals surface area contributed by atoms with Crippen molar-refractivity contribution in [3.63, 3.8) is 0 Å². The molecular weight excluding hydrogens is 344 g/mol. The average molecular weight is 362 g/mol. The summed E-state index contributed by atoms with van der Waals surface area (Å²) in [5.74, 6) is 0.773. The molecule has 4 aromatic rings. The molecule has 5 nitrogen and oxygen atoms in total. The third-order valence-corrected chi connectivity index (χ3v) is 5.46. The van der Waals surface area contributed by atoms with Gasteiger partial charge in [-0.05, 0) is 31.5 Å². The van der Waals surface area contributed by atoms with Crippen LogP contribution in [0.25, 0.3) is 4.96 Å². The Kier molecular flexibility index (Phi) is 4.26. The van der Waals surface area contributed by atoms with Gasteiger partial charge < -0.3 is 4.90 Å². The van der Waals surface area contributed by atoms with Crippen LogP contribution in [0.15, 0.2) is 60.7 Å². The lowest BCUT2D eigenvalue weighted by Gasteiger charge is -2.22. The van der Waals surface area contributed by atoms with Crippen molar-refractivity contribution in [2.24, 2.45) is 0 Å². The zero-order chi connectivity index (χ0) is 18.1. The molecule has 0 spiro atoms. The predicted octanol–water partition coefficient (Wildman–Crippen LogP) is 4.25. The molecule has 0 aliphatic carbocycles. The highest BCUT2D eigenvalue weighted by Crippen LogP contribution is 2.27. The standard InChI is InChI=1S/C20H18N4OS/c1-14-18(26-20-22-21-15(2)24(14)20)19(25)23(17-11-7-4-8-12-17)13-16-9-5-3-6-10-16/h3-12H,13H2,1-2H3. The fourth-order valence-electron chi connectivity index (χ4n) is 3.04. The second kappa shape index (κ2) is 6.72. The zero-order valence-corrected chi connectivity index (χ0v) is 15.4. The molecule has 0 N–H and O–H groups in total. The highest BCUT2D eigenvalue weighted by Gasteiger charge is 2.24. The number of hydrogen-bond donors (Lipinski definition) is 0. The maximum atomic E-state index is 13.4. The van der Waals surface area contributed by atoms with Gasteiger partial charge in [-0.2, -0.15) is 0 Å². The van der Waals surface area contributed by atoms with Gasteiger partial charge >= 0.3 is 0 Å². The van der Waals surface area contributed by atoms with Crippen molar-refractivity contribution in [2.75, 3.05) is 4.90 Å². The summed E-state index contributed by atoms with van der Waals surface area (Å²) in [5, 5.41) is 8.25. The van der Waals surface area contributed by atoms with Crippen molar-refractivity contribution in [3.8, 4) is 0 Å². The fraction of sp³-hybridized carbons (Fsp3) is 0.150. The number of benzene rings is 2. The van der Waals surface area contributed by atoms with E-state index in [2.05, 4.69) is 10.2 Å². The molecule has 130 valence electrons. The van der Waals surface area contributed by atoms with Crippen LogP contribution in [0.2, 0.25) is 0 Å². The summed E-state index contributed by atoms with van der Waals surface area (Å²) in [6.07, 6.45) is 0. The van der Waals surface area contributed by atoms with Gasteiger partial charge in [0.15, 0.2) is 0 Å². The number of para-hydroxylation sites is 1. The van der Waals surface area contributed by atoms with Crippen molar-refractivity contribution >= 4 is 27.9 Å². The normalized spacial score (nSPS) is 11.0. The van der Waals surface area contributed by atoms with Crippen molar-refractivity contribution < 1.29 is 4.79 Å². The lowest BCUT2D eigenvalue weighted by Crippen LogP contribution is -2.30. The second-order valence-corrected chi connectivity index (χ2v) is 7.07. The van der Waals surface area contributed by atoms with Gasteiger partial charge in [0.1, 0.15) is 10.7 Å². The van der Waals surface area contributed by atoms with E-state index in [9.17, 15) is 4.79 Å². The van der Waals surface area contributed by atoms with E-state index < -0.39 is 0 Å². The van der Waals surface area contributed by atoms with Gasteiger partial charge in [-0.25, -0.2) is 0 Å². The number of thiazole rings is 1. The monoisotopic (exact) mass is 362 g/mol. The Hall–Kier alpha value is -2.99. The summed E-state index contributed by atoms with van der Waals surface area (Å²) in [7, 11) is 0. The molecule has 0 radical (unpaired) electrons. The maximum Gasteiger partial charge on any atom is 0.270 e. The number of rotatable bonds is 4. The number of aromatic nitrogens is 3. The fourth-order valence-corrected chi connectivity index (χ4v) is 4.10. The van der Waals surface area contributed by atoms with Crippen LogP contribution < -0.4 is 4.90 Å². The van der Waals surface area contributed by atoms with E-state index in [0.29, 0.717) is 11.4 Å². The van der Waals surface area contributed by atoms with Gasteiger partial charge in [0.05, 0.1) is 6.54 Å². The first kappa shape index (κ1) is 16.5. The minimum atomic E-state index is -0.0209. The van der Waals surface area contributed by atoms with Crippen LogP contribution in [-0.2, 0) is 6.54 Å². The van der Waals surface area contributed by atoms with Crippen LogP contribution in [0.1, 0.15) is 26.8 Å². The minimum absolute atomic E-state index is 0.0209. The number of aryl methyl sites for hydroxylation is 2. The Morgan fingerprint density at radius 2 is 1.65 bits per heavy atom. The number of nitrogens with zero attached hydrogens (tertiary/aromatic N) is 4. The van der Waals surface area contributed by atoms with Crippen LogP contribution in [0.4, 0.5) is 5.69 Å².